The van der Waals surface area contributed by atoms with Crippen LogP contribution in [0.25, 0.3) is 5.69 Å². The fourth-order valence-electron chi connectivity index (χ4n) is 4.36. The van der Waals surface area contributed by atoms with Gasteiger partial charge in [-0.15, -0.1) is 0 Å². The molecule has 0 bridgehead atoms. The summed E-state index contributed by atoms with van der Waals surface area (Å²) in [5.74, 6) is 0.837. The number of halogens is 1. The molecule has 0 N–H and O–H groups in total. The Morgan fingerprint density at radius 3 is 2.53 bits per heavy atom. The lowest BCUT2D eigenvalue weighted by Gasteiger charge is -2.36. The van der Waals surface area contributed by atoms with E-state index in [0.29, 0.717) is 6.04 Å². The highest BCUT2D eigenvalue weighted by molar-refractivity contribution is 5.56. The summed E-state index contributed by atoms with van der Waals surface area (Å²) >= 11 is 0. The monoisotopic (exact) mass is 439 g/mol. The number of rotatable bonds is 8. The molecule has 1 aliphatic heterocycles. The number of furan rings is 1. The van der Waals surface area contributed by atoms with E-state index in [2.05, 4.69) is 42.4 Å². The molecule has 0 amide bonds. The van der Waals surface area contributed by atoms with Gasteiger partial charge in [0, 0.05) is 56.4 Å². The second-order valence-electron chi connectivity index (χ2n) is 8.83. The molecule has 1 fully saturated rings. The number of aromatic nitrogens is 2. The molecule has 4 rings (SSSR count). The Kier molecular flexibility index (Phi) is 6.96. The topological polar surface area (TPSA) is 40.7 Å². The van der Waals surface area contributed by atoms with E-state index >= 15 is 0 Å². The summed E-state index contributed by atoms with van der Waals surface area (Å²) in [5, 5.41) is 4.90. The van der Waals surface area contributed by atoms with Gasteiger partial charge in [0.25, 0.3) is 0 Å². The molecule has 1 saturated heterocycles. The average Bonchev–Trinajstić information content (AvgIpc) is 3.41. The second kappa shape index (κ2) is 9.88. The van der Waals surface area contributed by atoms with E-state index in [4.69, 9.17) is 9.52 Å². The van der Waals surface area contributed by atoms with E-state index in [9.17, 15) is 4.39 Å². The van der Waals surface area contributed by atoms with E-state index < -0.39 is 0 Å². The lowest BCUT2D eigenvalue weighted by molar-refractivity contribution is 0.202. The van der Waals surface area contributed by atoms with Crippen LogP contribution in [0.5, 0.6) is 0 Å². The fraction of sp³-hybridized carbons (Fsp3) is 0.480. The first-order valence-corrected chi connectivity index (χ1v) is 11.5. The molecular formula is C25H34FN5O. The van der Waals surface area contributed by atoms with Gasteiger partial charge in [-0.2, -0.15) is 5.10 Å². The summed E-state index contributed by atoms with van der Waals surface area (Å²) in [6.07, 6.45) is 3.53. The standard InChI is InChI=1S/C25H34FN5O/c1-5-28-10-12-29(13-11-28)25-24(17-30(19(2)3)16-21-9-14-32-18-21)20(4)27-31(25)23-8-6-7-22(26)15-23/h6-9,14-15,18-19H,5,10-13,16-17H2,1-4H3. The second-order valence-corrected chi connectivity index (χ2v) is 8.83. The number of hydrogen-bond donors (Lipinski definition) is 0. The summed E-state index contributed by atoms with van der Waals surface area (Å²) in [4.78, 5) is 7.31. The molecule has 172 valence electrons. The van der Waals surface area contributed by atoms with Crippen molar-refractivity contribution >= 4 is 5.82 Å². The number of piperazine rings is 1. The lowest BCUT2D eigenvalue weighted by atomic mass is 10.1. The van der Waals surface area contributed by atoms with Crippen molar-refractivity contribution in [3.05, 3.63) is 65.5 Å². The van der Waals surface area contributed by atoms with E-state index in [1.54, 1.807) is 18.4 Å². The van der Waals surface area contributed by atoms with Crippen LogP contribution in [-0.2, 0) is 13.1 Å². The van der Waals surface area contributed by atoms with Crippen LogP contribution in [0.15, 0.2) is 47.3 Å². The van der Waals surface area contributed by atoms with E-state index in [-0.39, 0.29) is 5.82 Å². The predicted molar refractivity (Wildman–Crippen MR) is 126 cm³/mol. The molecule has 0 unspecified atom stereocenters. The van der Waals surface area contributed by atoms with Crippen LogP contribution < -0.4 is 4.90 Å². The minimum absolute atomic E-state index is 0.247. The van der Waals surface area contributed by atoms with Crippen molar-refractivity contribution < 1.29 is 8.81 Å². The number of likely N-dealkylation sites (N-methyl/N-ethyl adjacent to an activating group) is 1. The third-order valence-electron chi connectivity index (χ3n) is 6.39. The van der Waals surface area contributed by atoms with Crippen molar-refractivity contribution in [2.75, 3.05) is 37.6 Å². The van der Waals surface area contributed by atoms with Crippen LogP contribution in [0, 0.1) is 12.7 Å². The maximum Gasteiger partial charge on any atom is 0.137 e. The first kappa shape index (κ1) is 22.6. The molecule has 3 heterocycles. The predicted octanol–water partition coefficient (Wildman–Crippen LogP) is 4.47. The van der Waals surface area contributed by atoms with Gasteiger partial charge in [-0.3, -0.25) is 4.90 Å². The SMILES string of the molecule is CCN1CCN(c2c(CN(Cc3ccoc3)C(C)C)c(C)nn2-c2cccc(F)c2)CC1. The summed E-state index contributed by atoms with van der Waals surface area (Å²) in [6.45, 7) is 15.3. The van der Waals surface area contributed by atoms with Gasteiger partial charge < -0.3 is 14.2 Å². The van der Waals surface area contributed by atoms with Crippen LogP contribution in [0.3, 0.4) is 0 Å². The number of nitrogens with zero attached hydrogens (tertiary/aromatic N) is 5. The summed E-state index contributed by atoms with van der Waals surface area (Å²) in [5.41, 5.74) is 4.11. The zero-order chi connectivity index (χ0) is 22.7. The summed E-state index contributed by atoms with van der Waals surface area (Å²) < 4.78 is 21.3. The van der Waals surface area contributed by atoms with Gasteiger partial charge in [-0.1, -0.05) is 13.0 Å². The minimum atomic E-state index is -0.247. The van der Waals surface area contributed by atoms with Gasteiger partial charge >= 0.3 is 0 Å². The third-order valence-corrected chi connectivity index (χ3v) is 6.39. The van der Waals surface area contributed by atoms with E-state index in [1.807, 2.05) is 23.1 Å². The Morgan fingerprint density at radius 1 is 1.12 bits per heavy atom. The molecule has 0 atom stereocenters. The number of hydrogen-bond acceptors (Lipinski definition) is 5. The normalized spacial score (nSPS) is 15.3. The molecule has 0 aliphatic carbocycles. The number of aryl methyl sites for hydroxylation is 1. The molecular weight excluding hydrogens is 405 g/mol. The minimum Gasteiger partial charge on any atom is -0.472 e. The largest absolute Gasteiger partial charge is 0.472 e. The molecule has 3 aromatic rings. The first-order valence-electron chi connectivity index (χ1n) is 11.5. The molecule has 7 heteroatoms. The molecule has 2 aromatic heterocycles. The zero-order valence-electron chi connectivity index (χ0n) is 19.6. The molecule has 1 aromatic carbocycles. The van der Waals surface area contributed by atoms with Gasteiger partial charge in [0.1, 0.15) is 11.6 Å². The smallest absolute Gasteiger partial charge is 0.137 e. The van der Waals surface area contributed by atoms with Crippen molar-refractivity contribution in [2.45, 2.75) is 46.8 Å². The molecule has 6 nitrogen and oxygen atoms in total. The van der Waals surface area contributed by atoms with Crippen molar-refractivity contribution in [1.82, 2.24) is 19.6 Å². The summed E-state index contributed by atoms with van der Waals surface area (Å²) in [7, 11) is 0. The molecule has 0 spiro atoms. The van der Waals surface area contributed by atoms with Crippen LogP contribution in [0.4, 0.5) is 10.2 Å². The van der Waals surface area contributed by atoms with Crippen LogP contribution in [0.1, 0.15) is 37.6 Å². The molecule has 0 saturated carbocycles. The Labute approximate surface area is 190 Å². The summed E-state index contributed by atoms with van der Waals surface area (Å²) in [6, 6.07) is 9.09. The Balaban J connectivity index is 1.72. The Morgan fingerprint density at radius 2 is 1.91 bits per heavy atom. The number of benzene rings is 1. The van der Waals surface area contributed by atoms with Crippen molar-refractivity contribution in [3.63, 3.8) is 0 Å². The van der Waals surface area contributed by atoms with Crippen molar-refractivity contribution in [2.24, 2.45) is 0 Å². The number of anilines is 1. The Hall–Kier alpha value is -2.64. The van der Waals surface area contributed by atoms with E-state index in [1.165, 1.54) is 11.6 Å². The van der Waals surface area contributed by atoms with Crippen molar-refractivity contribution in [3.8, 4) is 5.69 Å². The maximum atomic E-state index is 14.1. The third kappa shape index (κ3) is 4.89. The van der Waals surface area contributed by atoms with Gasteiger partial charge in [-0.05, 0) is 51.6 Å². The van der Waals surface area contributed by atoms with Gasteiger partial charge in [0.2, 0.25) is 0 Å². The van der Waals surface area contributed by atoms with E-state index in [0.717, 1.165) is 68.6 Å². The highest BCUT2D eigenvalue weighted by Crippen LogP contribution is 2.31. The van der Waals surface area contributed by atoms with Crippen molar-refractivity contribution in [1.29, 1.82) is 0 Å². The maximum absolute atomic E-state index is 14.1. The first-order chi connectivity index (χ1) is 15.5. The van der Waals surface area contributed by atoms with Crippen LogP contribution in [-0.4, -0.2) is 58.3 Å². The Bertz CT molecular complexity index is 1010. The molecule has 32 heavy (non-hydrogen) atoms. The van der Waals surface area contributed by atoms with Gasteiger partial charge in [0.15, 0.2) is 0 Å². The van der Waals surface area contributed by atoms with Gasteiger partial charge in [-0.25, -0.2) is 9.07 Å². The van der Waals surface area contributed by atoms with Crippen LogP contribution >= 0.6 is 0 Å². The zero-order valence-corrected chi connectivity index (χ0v) is 19.6. The molecule has 0 radical (unpaired) electrons. The average molecular weight is 440 g/mol. The lowest BCUT2D eigenvalue weighted by Crippen LogP contribution is -2.47. The van der Waals surface area contributed by atoms with Gasteiger partial charge in [0.05, 0.1) is 23.9 Å². The van der Waals surface area contributed by atoms with Crippen LogP contribution in [0.2, 0.25) is 0 Å². The highest BCUT2D eigenvalue weighted by Gasteiger charge is 2.27. The quantitative estimate of drug-likeness (QED) is 0.518. The molecule has 1 aliphatic rings. The fourth-order valence-corrected chi connectivity index (χ4v) is 4.36. The highest BCUT2D eigenvalue weighted by atomic mass is 19.1.